The Labute approximate surface area is 109 Å². The largest absolute Gasteiger partial charge is 0.312 e. The van der Waals surface area contributed by atoms with Gasteiger partial charge in [0.25, 0.3) is 0 Å². The number of nitrogens with zero attached hydrogens (tertiary/aromatic N) is 1. The Hall–Kier alpha value is -0.380. The number of rotatable bonds is 7. The van der Waals surface area contributed by atoms with E-state index in [-0.39, 0.29) is 0 Å². The Bertz CT molecular complexity index is 331. The van der Waals surface area contributed by atoms with Crippen molar-refractivity contribution in [2.45, 2.75) is 51.7 Å². The van der Waals surface area contributed by atoms with E-state index in [0.717, 1.165) is 25.7 Å². The average molecular weight is 252 g/mol. The van der Waals surface area contributed by atoms with Gasteiger partial charge in [0.2, 0.25) is 0 Å². The highest BCUT2D eigenvalue weighted by atomic mass is 32.1. The lowest BCUT2D eigenvalue weighted by atomic mass is 9.92. The van der Waals surface area contributed by atoms with E-state index in [0.29, 0.717) is 0 Å². The van der Waals surface area contributed by atoms with Crippen molar-refractivity contribution in [1.29, 1.82) is 0 Å². The summed E-state index contributed by atoms with van der Waals surface area (Å²) >= 11 is 1.96. The van der Waals surface area contributed by atoms with Crippen molar-refractivity contribution in [2.24, 2.45) is 0 Å². The Balaban J connectivity index is 1.76. The molecule has 3 heteroatoms. The van der Waals surface area contributed by atoms with Crippen LogP contribution in [0.25, 0.3) is 0 Å². The standard InChI is InChI=1S/C14H24N2S/c1-3-9-15-10-13-7-8-14(17-13)11-16(2)12-5-4-6-12/h7-8,12,15H,3-6,9-11H2,1-2H3. The van der Waals surface area contributed by atoms with Crippen LogP contribution in [0.1, 0.15) is 42.4 Å². The third-order valence-corrected chi connectivity index (χ3v) is 4.62. The lowest BCUT2D eigenvalue weighted by Crippen LogP contribution is -2.36. The molecule has 96 valence electrons. The fraction of sp³-hybridized carbons (Fsp3) is 0.714. The molecule has 1 fully saturated rings. The lowest BCUT2D eigenvalue weighted by molar-refractivity contribution is 0.154. The molecule has 0 unspecified atom stereocenters. The molecule has 1 N–H and O–H groups in total. The van der Waals surface area contributed by atoms with Crippen molar-refractivity contribution >= 4 is 11.3 Å². The first-order chi connectivity index (χ1) is 8.29. The van der Waals surface area contributed by atoms with Crippen LogP contribution in [0.4, 0.5) is 0 Å². The molecule has 1 aromatic heterocycles. The molecule has 2 nitrogen and oxygen atoms in total. The highest BCUT2D eigenvalue weighted by molar-refractivity contribution is 7.11. The van der Waals surface area contributed by atoms with Crippen LogP contribution in [0.15, 0.2) is 12.1 Å². The van der Waals surface area contributed by atoms with Gasteiger partial charge in [-0.25, -0.2) is 0 Å². The van der Waals surface area contributed by atoms with Crippen LogP contribution >= 0.6 is 11.3 Å². The van der Waals surface area contributed by atoms with E-state index in [1.807, 2.05) is 11.3 Å². The zero-order chi connectivity index (χ0) is 12.1. The van der Waals surface area contributed by atoms with Crippen LogP contribution in [-0.4, -0.2) is 24.5 Å². The Morgan fingerprint density at radius 1 is 1.35 bits per heavy atom. The van der Waals surface area contributed by atoms with Crippen LogP contribution in [0.5, 0.6) is 0 Å². The Morgan fingerprint density at radius 2 is 2.12 bits per heavy atom. The minimum atomic E-state index is 0.846. The molecule has 0 saturated heterocycles. The van der Waals surface area contributed by atoms with Crippen LogP contribution in [0.2, 0.25) is 0 Å². The SMILES string of the molecule is CCCNCc1ccc(CN(C)C2CCC2)s1. The van der Waals surface area contributed by atoms with Crippen molar-refractivity contribution in [2.75, 3.05) is 13.6 Å². The minimum Gasteiger partial charge on any atom is -0.312 e. The normalized spacial score (nSPS) is 16.4. The second-order valence-corrected chi connectivity index (χ2v) is 6.30. The van der Waals surface area contributed by atoms with E-state index >= 15 is 0 Å². The van der Waals surface area contributed by atoms with Gasteiger partial charge in [-0.15, -0.1) is 11.3 Å². The van der Waals surface area contributed by atoms with E-state index in [9.17, 15) is 0 Å². The molecule has 0 amide bonds. The van der Waals surface area contributed by atoms with Gasteiger partial charge in [-0.1, -0.05) is 13.3 Å². The molecule has 0 aliphatic heterocycles. The molecule has 1 saturated carbocycles. The molecule has 0 spiro atoms. The fourth-order valence-corrected chi connectivity index (χ4v) is 3.24. The summed E-state index contributed by atoms with van der Waals surface area (Å²) in [6, 6.07) is 5.42. The maximum absolute atomic E-state index is 3.46. The molecule has 0 bridgehead atoms. The van der Waals surface area contributed by atoms with Crippen LogP contribution in [-0.2, 0) is 13.1 Å². The highest BCUT2D eigenvalue weighted by Gasteiger charge is 2.21. The summed E-state index contributed by atoms with van der Waals surface area (Å²) in [7, 11) is 2.26. The van der Waals surface area contributed by atoms with E-state index in [1.165, 1.54) is 35.4 Å². The van der Waals surface area contributed by atoms with E-state index < -0.39 is 0 Å². The van der Waals surface area contributed by atoms with E-state index in [4.69, 9.17) is 0 Å². The smallest absolute Gasteiger partial charge is 0.0327 e. The minimum absolute atomic E-state index is 0.846. The molecule has 0 atom stereocenters. The summed E-state index contributed by atoms with van der Waals surface area (Å²) in [5, 5.41) is 3.46. The lowest BCUT2D eigenvalue weighted by Gasteiger charge is -2.34. The van der Waals surface area contributed by atoms with Gasteiger partial charge in [0.1, 0.15) is 0 Å². The summed E-state index contributed by atoms with van der Waals surface area (Å²) in [6.45, 7) is 5.49. The van der Waals surface area contributed by atoms with Gasteiger partial charge < -0.3 is 5.32 Å². The second-order valence-electron chi connectivity index (χ2n) is 5.04. The molecule has 1 aromatic rings. The van der Waals surface area contributed by atoms with Gasteiger partial charge in [0.15, 0.2) is 0 Å². The molecule has 0 aromatic carbocycles. The first-order valence-electron chi connectivity index (χ1n) is 6.78. The zero-order valence-corrected chi connectivity index (χ0v) is 11.9. The van der Waals surface area contributed by atoms with Gasteiger partial charge in [0.05, 0.1) is 0 Å². The third kappa shape index (κ3) is 3.80. The number of nitrogens with one attached hydrogen (secondary N) is 1. The highest BCUT2D eigenvalue weighted by Crippen LogP contribution is 2.26. The Kier molecular flexibility index (Phi) is 5.01. The number of hydrogen-bond acceptors (Lipinski definition) is 3. The maximum atomic E-state index is 3.46. The number of thiophene rings is 1. The summed E-state index contributed by atoms with van der Waals surface area (Å²) < 4.78 is 0. The van der Waals surface area contributed by atoms with Crippen molar-refractivity contribution < 1.29 is 0 Å². The van der Waals surface area contributed by atoms with Crippen molar-refractivity contribution in [3.8, 4) is 0 Å². The van der Waals surface area contributed by atoms with Crippen LogP contribution in [0.3, 0.4) is 0 Å². The fourth-order valence-electron chi connectivity index (χ4n) is 2.19. The van der Waals surface area contributed by atoms with Crippen LogP contribution in [0, 0.1) is 0 Å². The summed E-state index contributed by atoms with van der Waals surface area (Å²) in [5.74, 6) is 0. The van der Waals surface area contributed by atoms with E-state index in [2.05, 4.69) is 36.3 Å². The van der Waals surface area contributed by atoms with Gasteiger partial charge in [-0.2, -0.15) is 0 Å². The predicted molar refractivity (Wildman–Crippen MR) is 75.4 cm³/mol. The molecule has 1 aliphatic rings. The van der Waals surface area contributed by atoms with Gasteiger partial charge in [-0.05, 0) is 45.0 Å². The average Bonchev–Trinajstić information content (AvgIpc) is 2.63. The summed E-state index contributed by atoms with van der Waals surface area (Å²) in [6.07, 6.45) is 5.42. The van der Waals surface area contributed by atoms with Gasteiger partial charge in [0, 0.05) is 28.9 Å². The van der Waals surface area contributed by atoms with Gasteiger partial charge in [-0.3, -0.25) is 4.90 Å². The first kappa shape index (κ1) is 13.1. The molecule has 1 aliphatic carbocycles. The topological polar surface area (TPSA) is 15.3 Å². The molecular weight excluding hydrogens is 228 g/mol. The van der Waals surface area contributed by atoms with E-state index in [1.54, 1.807) is 0 Å². The van der Waals surface area contributed by atoms with Crippen molar-refractivity contribution in [3.63, 3.8) is 0 Å². The Morgan fingerprint density at radius 3 is 2.76 bits per heavy atom. The molecule has 17 heavy (non-hydrogen) atoms. The van der Waals surface area contributed by atoms with Gasteiger partial charge >= 0.3 is 0 Å². The second kappa shape index (κ2) is 6.53. The predicted octanol–water partition coefficient (Wildman–Crippen LogP) is 3.23. The molecule has 2 rings (SSSR count). The molecule has 1 heterocycles. The zero-order valence-electron chi connectivity index (χ0n) is 11.0. The maximum Gasteiger partial charge on any atom is 0.0327 e. The molecular formula is C14H24N2S. The van der Waals surface area contributed by atoms with Crippen molar-refractivity contribution in [3.05, 3.63) is 21.9 Å². The first-order valence-corrected chi connectivity index (χ1v) is 7.59. The summed E-state index contributed by atoms with van der Waals surface area (Å²) in [4.78, 5) is 5.49. The van der Waals surface area contributed by atoms with Crippen LogP contribution < -0.4 is 5.32 Å². The molecule has 0 radical (unpaired) electrons. The third-order valence-electron chi connectivity index (χ3n) is 3.55. The quantitative estimate of drug-likeness (QED) is 0.750. The number of hydrogen-bond donors (Lipinski definition) is 1. The summed E-state index contributed by atoms with van der Waals surface area (Å²) in [5.41, 5.74) is 0. The van der Waals surface area contributed by atoms with Crippen molar-refractivity contribution in [1.82, 2.24) is 10.2 Å². The monoisotopic (exact) mass is 252 g/mol.